The van der Waals surface area contributed by atoms with Gasteiger partial charge in [0.15, 0.2) is 0 Å². The smallest absolute Gasteiger partial charge is 0.221 e. The first-order chi connectivity index (χ1) is 11.0. The van der Waals surface area contributed by atoms with Crippen LogP contribution in [-0.2, 0) is 4.79 Å². The van der Waals surface area contributed by atoms with Gasteiger partial charge in [-0.15, -0.1) is 0 Å². The second-order valence-corrected chi connectivity index (χ2v) is 6.44. The van der Waals surface area contributed by atoms with E-state index in [1.165, 1.54) is 0 Å². The molecule has 2 rings (SSSR count). The number of piperazine rings is 1. The van der Waals surface area contributed by atoms with E-state index in [-0.39, 0.29) is 18.1 Å². The Morgan fingerprint density at radius 3 is 2.35 bits per heavy atom. The Hall–Kier alpha value is -1.43. The van der Waals surface area contributed by atoms with Gasteiger partial charge in [0.25, 0.3) is 0 Å². The molecule has 128 valence electrons. The van der Waals surface area contributed by atoms with Crippen molar-refractivity contribution < 1.29 is 9.90 Å². The van der Waals surface area contributed by atoms with Crippen molar-refractivity contribution in [1.29, 1.82) is 0 Å². The first-order valence-corrected chi connectivity index (χ1v) is 8.51. The molecule has 1 saturated heterocycles. The van der Waals surface area contributed by atoms with Gasteiger partial charge in [0, 0.05) is 45.7 Å². The fraction of sp³-hybridized carbons (Fsp3) is 0.611. The first-order valence-electron chi connectivity index (χ1n) is 8.51. The number of carbonyl (C=O) groups excluding carboxylic acids is 1. The molecule has 2 N–H and O–H groups in total. The molecule has 1 aromatic carbocycles. The van der Waals surface area contributed by atoms with Gasteiger partial charge in [0.05, 0.1) is 12.1 Å². The third kappa shape index (κ3) is 6.29. The highest BCUT2D eigenvalue weighted by atomic mass is 16.3. The highest BCUT2D eigenvalue weighted by Gasteiger charge is 2.18. The molecule has 0 saturated carbocycles. The van der Waals surface area contributed by atoms with Crippen molar-refractivity contribution in [2.45, 2.75) is 32.4 Å². The molecule has 0 aromatic heterocycles. The minimum atomic E-state index is -0.271. The lowest BCUT2D eigenvalue weighted by molar-refractivity contribution is -0.122. The third-order valence-electron chi connectivity index (χ3n) is 4.32. The molecule has 0 spiro atoms. The minimum absolute atomic E-state index is 0.0478. The lowest BCUT2D eigenvalue weighted by Gasteiger charge is -2.35. The van der Waals surface area contributed by atoms with Crippen LogP contribution in [0.25, 0.3) is 0 Å². The molecule has 1 aliphatic heterocycles. The van der Waals surface area contributed by atoms with Gasteiger partial charge in [-0.25, -0.2) is 0 Å². The normalized spacial score (nSPS) is 19.3. The van der Waals surface area contributed by atoms with Gasteiger partial charge >= 0.3 is 0 Å². The maximum atomic E-state index is 12.1. The maximum Gasteiger partial charge on any atom is 0.221 e. The molecule has 0 aliphatic carbocycles. The molecule has 5 nitrogen and oxygen atoms in total. The molecule has 0 radical (unpaired) electrons. The molecule has 2 unspecified atom stereocenters. The van der Waals surface area contributed by atoms with Crippen LogP contribution in [0.1, 0.15) is 31.9 Å². The largest absolute Gasteiger partial charge is 0.392 e. The monoisotopic (exact) mass is 319 g/mol. The number of rotatable bonds is 7. The van der Waals surface area contributed by atoms with Gasteiger partial charge in [-0.3, -0.25) is 9.69 Å². The van der Waals surface area contributed by atoms with Crippen molar-refractivity contribution in [2.24, 2.45) is 0 Å². The average molecular weight is 319 g/mol. The van der Waals surface area contributed by atoms with Crippen molar-refractivity contribution >= 4 is 5.91 Å². The van der Waals surface area contributed by atoms with E-state index < -0.39 is 0 Å². The number of hydrogen-bond acceptors (Lipinski definition) is 4. The number of carbonyl (C=O) groups is 1. The van der Waals surface area contributed by atoms with Gasteiger partial charge in [0.2, 0.25) is 5.91 Å². The highest BCUT2D eigenvalue weighted by molar-refractivity contribution is 5.76. The van der Waals surface area contributed by atoms with Gasteiger partial charge < -0.3 is 15.3 Å². The van der Waals surface area contributed by atoms with E-state index in [9.17, 15) is 9.90 Å². The summed E-state index contributed by atoms with van der Waals surface area (Å²) in [4.78, 5) is 16.7. The zero-order valence-corrected chi connectivity index (χ0v) is 14.2. The van der Waals surface area contributed by atoms with E-state index in [0.717, 1.165) is 44.8 Å². The Kier molecular flexibility index (Phi) is 7.02. The quantitative estimate of drug-likeness (QED) is 0.794. The van der Waals surface area contributed by atoms with Crippen molar-refractivity contribution in [2.75, 3.05) is 39.3 Å². The van der Waals surface area contributed by atoms with E-state index in [0.29, 0.717) is 6.42 Å². The Morgan fingerprint density at radius 1 is 1.13 bits per heavy atom. The zero-order valence-electron chi connectivity index (χ0n) is 14.2. The first kappa shape index (κ1) is 17.9. The van der Waals surface area contributed by atoms with Crippen LogP contribution in [0.3, 0.4) is 0 Å². The number of nitrogens with zero attached hydrogens (tertiary/aromatic N) is 2. The van der Waals surface area contributed by atoms with Crippen LogP contribution in [0.2, 0.25) is 0 Å². The minimum Gasteiger partial charge on any atom is -0.392 e. The maximum absolute atomic E-state index is 12.1. The number of aliphatic hydroxyl groups excluding tert-OH is 1. The van der Waals surface area contributed by atoms with Crippen LogP contribution in [-0.4, -0.2) is 66.2 Å². The summed E-state index contributed by atoms with van der Waals surface area (Å²) < 4.78 is 0. The zero-order chi connectivity index (χ0) is 16.7. The van der Waals surface area contributed by atoms with Gasteiger partial charge in [-0.2, -0.15) is 0 Å². The lowest BCUT2D eigenvalue weighted by Crippen LogP contribution is -2.48. The van der Waals surface area contributed by atoms with Crippen LogP contribution in [0.5, 0.6) is 0 Å². The fourth-order valence-electron chi connectivity index (χ4n) is 2.97. The Labute approximate surface area is 139 Å². The van der Waals surface area contributed by atoms with Crippen LogP contribution in [0.4, 0.5) is 0 Å². The van der Waals surface area contributed by atoms with E-state index in [1.807, 2.05) is 44.2 Å². The number of benzene rings is 1. The van der Waals surface area contributed by atoms with Crippen LogP contribution < -0.4 is 5.32 Å². The van der Waals surface area contributed by atoms with E-state index in [4.69, 9.17) is 0 Å². The van der Waals surface area contributed by atoms with Crippen molar-refractivity contribution in [3.05, 3.63) is 35.9 Å². The van der Waals surface area contributed by atoms with Crippen molar-refractivity contribution in [3.8, 4) is 0 Å². The second-order valence-electron chi connectivity index (χ2n) is 6.44. The fourth-order valence-corrected chi connectivity index (χ4v) is 2.97. The summed E-state index contributed by atoms with van der Waals surface area (Å²) >= 11 is 0. The van der Waals surface area contributed by atoms with E-state index in [1.54, 1.807) is 0 Å². The number of amides is 1. The predicted octanol–water partition coefficient (Wildman–Crippen LogP) is 1.25. The summed E-state index contributed by atoms with van der Waals surface area (Å²) in [5, 5.41) is 12.5. The van der Waals surface area contributed by atoms with Gasteiger partial charge in [-0.1, -0.05) is 30.3 Å². The Bertz CT molecular complexity index is 470. The number of nitrogens with one attached hydrogen (secondary N) is 1. The SMILES string of the molecule is CC(O)CN1CCN(CCC(=O)NC(C)c2ccccc2)CC1. The molecule has 0 bridgehead atoms. The summed E-state index contributed by atoms with van der Waals surface area (Å²) in [6.07, 6.45) is 0.264. The summed E-state index contributed by atoms with van der Waals surface area (Å²) in [6.45, 7) is 9.24. The topological polar surface area (TPSA) is 55.8 Å². The van der Waals surface area contributed by atoms with Crippen LogP contribution in [0, 0.1) is 0 Å². The molecule has 1 aliphatic rings. The molecule has 5 heteroatoms. The summed E-state index contributed by atoms with van der Waals surface area (Å²) in [5.41, 5.74) is 1.13. The highest BCUT2D eigenvalue weighted by Crippen LogP contribution is 2.11. The molecule has 1 amide bonds. The average Bonchev–Trinajstić information content (AvgIpc) is 2.54. The van der Waals surface area contributed by atoms with Crippen LogP contribution >= 0.6 is 0 Å². The molecular weight excluding hydrogens is 290 g/mol. The van der Waals surface area contributed by atoms with Crippen molar-refractivity contribution in [3.63, 3.8) is 0 Å². The molecule has 1 aromatic rings. The van der Waals surface area contributed by atoms with Crippen LogP contribution in [0.15, 0.2) is 30.3 Å². The lowest BCUT2D eigenvalue weighted by atomic mass is 10.1. The summed E-state index contributed by atoms with van der Waals surface area (Å²) in [7, 11) is 0. The van der Waals surface area contributed by atoms with Gasteiger partial charge in [-0.05, 0) is 19.4 Å². The molecule has 1 fully saturated rings. The standard InChI is InChI=1S/C18H29N3O2/c1-15(22)14-21-12-10-20(11-13-21)9-8-18(23)19-16(2)17-6-4-3-5-7-17/h3-7,15-16,22H,8-14H2,1-2H3,(H,19,23). The Balaban J connectivity index is 1.65. The number of β-amino-alcohol motifs (C(OH)–C–C–N with tert-alkyl or cyclic N) is 1. The van der Waals surface area contributed by atoms with E-state index >= 15 is 0 Å². The van der Waals surface area contributed by atoms with Gasteiger partial charge in [0.1, 0.15) is 0 Å². The number of aliphatic hydroxyl groups is 1. The second kappa shape index (κ2) is 9.01. The summed E-state index contributed by atoms with van der Waals surface area (Å²) in [5.74, 6) is 0.104. The molecular formula is C18H29N3O2. The predicted molar refractivity (Wildman–Crippen MR) is 92.2 cm³/mol. The molecule has 2 atom stereocenters. The van der Waals surface area contributed by atoms with E-state index in [2.05, 4.69) is 15.1 Å². The van der Waals surface area contributed by atoms with Crippen molar-refractivity contribution in [1.82, 2.24) is 15.1 Å². The third-order valence-corrected chi connectivity index (χ3v) is 4.32. The Morgan fingerprint density at radius 2 is 1.74 bits per heavy atom. The molecule has 1 heterocycles. The molecule has 23 heavy (non-hydrogen) atoms. The summed E-state index contributed by atoms with van der Waals surface area (Å²) in [6, 6.07) is 10.1. The number of hydrogen-bond donors (Lipinski definition) is 2.